The van der Waals surface area contributed by atoms with E-state index in [-0.39, 0.29) is 35.3 Å². The number of hydrogen-bond acceptors (Lipinski definition) is 5. The summed E-state index contributed by atoms with van der Waals surface area (Å²) in [4.78, 5) is 29.7. The summed E-state index contributed by atoms with van der Waals surface area (Å²) in [6.07, 6.45) is 3.47. The molecule has 0 aromatic heterocycles. The van der Waals surface area contributed by atoms with Gasteiger partial charge >= 0.3 is 0 Å². The van der Waals surface area contributed by atoms with Crippen LogP contribution in [0.1, 0.15) is 53.4 Å². The van der Waals surface area contributed by atoms with Crippen LogP contribution in [-0.4, -0.2) is 62.8 Å². The number of hydrogen-bond donors (Lipinski definition) is 1. The highest BCUT2D eigenvalue weighted by Gasteiger charge is 2.40. The lowest BCUT2D eigenvalue weighted by atomic mass is 9.96. The highest BCUT2D eigenvalue weighted by molar-refractivity contribution is 7.89. The first-order valence-corrected chi connectivity index (χ1v) is 12.7. The van der Waals surface area contributed by atoms with E-state index >= 15 is 0 Å². The molecule has 1 aromatic carbocycles. The van der Waals surface area contributed by atoms with E-state index in [0.29, 0.717) is 18.8 Å². The molecule has 1 saturated heterocycles. The van der Waals surface area contributed by atoms with Gasteiger partial charge in [0.2, 0.25) is 21.8 Å². The van der Waals surface area contributed by atoms with Gasteiger partial charge in [-0.15, -0.1) is 0 Å². The Morgan fingerprint density at radius 2 is 1.90 bits per heavy atom. The Kier molecular flexibility index (Phi) is 7.26. The summed E-state index contributed by atoms with van der Waals surface area (Å²) in [7, 11) is -3.68. The van der Waals surface area contributed by atoms with Crippen LogP contribution in [0.4, 0.5) is 11.4 Å². The van der Waals surface area contributed by atoms with Crippen molar-refractivity contribution >= 4 is 33.2 Å². The smallest absolute Gasteiger partial charge is 0.250 e. The van der Waals surface area contributed by atoms with Crippen LogP contribution in [0.2, 0.25) is 0 Å². The number of carbonyl (C=O) groups is 2. The van der Waals surface area contributed by atoms with Crippen LogP contribution in [0, 0.1) is 0 Å². The first-order chi connectivity index (χ1) is 14.7. The van der Waals surface area contributed by atoms with Gasteiger partial charge in [0.15, 0.2) is 0 Å². The molecular weight excluding hydrogens is 416 g/mol. The third-order valence-electron chi connectivity index (χ3n) is 6.27. The average molecular weight is 451 g/mol. The van der Waals surface area contributed by atoms with E-state index in [1.807, 2.05) is 13.8 Å². The third-order valence-corrected chi connectivity index (χ3v) is 8.31. The Hall–Kier alpha value is -2.13. The number of amides is 2. The van der Waals surface area contributed by atoms with Crippen LogP contribution in [0.25, 0.3) is 0 Å². The molecule has 8 nitrogen and oxygen atoms in total. The van der Waals surface area contributed by atoms with Gasteiger partial charge in [0.1, 0.15) is 12.6 Å². The maximum atomic E-state index is 13.4. The van der Waals surface area contributed by atoms with Gasteiger partial charge in [-0.1, -0.05) is 20.8 Å². The third kappa shape index (κ3) is 4.57. The lowest BCUT2D eigenvalue weighted by Gasteiger charge is -2.45. The van der Waals surface area contributed by atoms with Crippen LogP contribution in [-0.2, 0) is 19.6 Å². The minimum absolute atomic E-state index is 0.00687. The summed E-state index contributed by atoms with van der Waals surface area (Å²) >= 11 is 0. The molecule has 1 N–H and O–H groups in total. The Morgan fingerprint density at radius 1 is 1.19 bits per heavy atom. The van der Waals surface area contributed by atoms with Gasteiger partial charge in [0, 0.05) is 25.7 Å². The second-order valence-electron chi connectivity index (χ2n) is 8.25. The predicted molar refractivity (Wildman–Crippen MR) is 122 cm³/mol. The Balaban J connectivity index is 2.04. The molecule has 2 amide bonds. The van der Waals surface area contributed by atoms with E-state index in [9.17, 15) is 18.0 Å². The lowest BCUT2D eigenvalue weighted by molar-refractivity contribution is -0.125. The van der Waals surface area contributed by atoms with Crippen molar-refractivity contribution in [2.45, 2.75) is 70.4 Å². The van der Waals surface area contributed by atoms with E-state index in [4.69, 9.17) is 0 Å². The van der Waals surface area contributed by atoms with Gasteiger partial charge in [-0.25, -0.2) is 8.42 Å². The Labute approximate surface area is 185 Å². The Morgan fingerprint density at radius 3 is 2.55 bits per heavy atom. The molecule has 0 bridgehead atoms. The summed E-state index contributed by atoms with van der Waals surface area (Å²) in [6.45, 7) is 8.86. The lowest BCUT2D eigenvalue weighted by Crippen LogP contribution is -2.57. The molecule has 9 heteroatoms. The van der Waals surface area contributed by atoms with E-state index in [2.05, 4.69) is 10.2 Å². The fourth-order valence-electron chi connectivity index (χ4n) is 4.34. The number of fused-ring (bicyclic) bond motifs is 3. The minimum Gasteiger partial charge on any atom is -0.358 e. The normalized spacial score (nSPS) is 19.8. The molecule has 172 valence electrons. The van der Waals surface area contributed by atoms with Crippen molar-refractivity contribution in [2.24, 2.45) is 0 Å². The van der Waals surface area contributed by atoms with Crippen LogP contribution in [0.15, 0.2) is 23.1 Å². The molecule has 2 aliphatic rings. The van der Waals surface area contributed by atoms with Crippen molar-refractivity contribution < 1.29 is 18.0 Å². The van der Waals surface area contributed by atoms with Gasteiger partial charge in [0.25, 0.3) is 0 Å². The fourth-order valence-corrected chi connectivity index (χ4v) is 5.82. The molecular formula is C22H34N4O4S. The number of piperidine rings is 1. The van der Waals surface area contributed by atoms with Crippen LogP contribution in [0.5, 0.6) is 0 Å². The molecule has 0 saturated carbocycles. The summed E-state index contributed by atoms with van der Waals surface area (Å²) in [5, 5.41) is 2.91. The van der Waals surface area contributed by atoms with E-state index in [0.717, 1.165) is 37.9 Å². The van der Waals surface area contributed by atoms with Gasteiger partial charge in [-0.05, 0) is 50.8 Å². The second-order valence-corrected chi connectivity index (χ2v) is 10.2. The molecule has 2 heterocycles. The molecule has 1 fully saturated rings. The zero-order valence-corrected chi connectivity index (χ0v) is 19.7. The zero-order chi connectivity index (χ0) is 22.8. The topological polar surface area (TPSA) is 90.0 Å². The first-order valence-electron chi connectivity index (χ1n) is 11.3. The van der Waals surface area contributed by atoms with Crippen LogP contribution in [0.3, 0.4) is 0 Å². The van der Waals surface area contributed by atoms with E-state index in [1.54, 1.807) is 32.0 Å². The molecule has 0 aliphatic carbocycles. The number of nitrogens with zero attached hydrogens (tertiary/aromatic N) is 3. The molecule has 3 rings (SSSR count). The molecule has 0 radical (unpaired) electrons. The van der Waals surface area contributed by atoms with Crippen LogP contribution >= 0.6 is 0 Å². The van der Waals surface area contributed by atoms with Crippen molar-refractivity contribution in [2.75, 3.05) is 36.0 Å². The van der Waals surface area contributed by atoms with Gasteiger partial charge in [0.05, 0.1) is 16.3 Å². The molecule has 0 spiro atoms. The van der Waals surface area contributed by atoms with Gasteiger partial charge < -0.3 is 10.2 Å². The predicted octanol–water partition coefficient (Wildman–Crippen LogP) is 2.34. The molecule has 2 unspecified atom stereocenters. The number of sulfonamides is 1. The molecule has 31 heavy (non-hydrogen) atoms. The number of benzene rings is 1. The first kappa shape index (κ1) is 23.5. The molecule has 2 aliphatic heterocycles. The summed E-state index contributed by atoms with van der Waals surface area (Å²) in [6, 6.07) is 4.67. The van der Waals surface area contributed by atoms with Gasteiger partial charge in [-0.3, -0.25) is 14.5 Å². The van der Waals surface area contributed by atoms with Crippen molar-refractivity contribution in [3.8, 4) is 0 Å². The number of nitrogens with one attached hydrogen (secondary N) is 1. The highest BCUT2D eigenvalue weighted by Crippen LogP contribution is 2.40. The average Bonchev–Trinajstić information content (AvgIpc) is 2.76. The minimum atomic E-state index is -3.68. The molecule has 2 atom stereocenters. The number of rotatable bonds is 8. The summed E-state index contributed by atoms with van der Waals surface area (Å²) in [5.74, 6) is -0.376. The van der Waals surface area contributed by atoms with Crippen molar-refractivity contribution in [1.29, 1.82) is 0 Å². The van der Waals surface area contributed by atoms with Crippen molar-refractivity contribution in [3.05, 3.63) is 18.2 Å². The fraction of sp³-hybridized carbons (Fsp3) is 0.636. The summed E-state index contributed by atoms with van der Waals surface area (Å²) < 4.78 is 27.6. The largest absolute Gasteiger partial charge is 0.358 e. The monoisotopic (exact) mass is 450 g/mol. The van der Waals surface area contributed by atoms with E-state index in [1.165, 1.54) is 9.21 Å². The number of carbonyl (C=O) groups excluding carboxylic acids is 2. The van der Waals surface area contributed by atoms with Gasteiger partial charge in [-0.2, -0.15) is 4.31 Å². The SMILES string of the molecule is CCC(C)NC(=O)CN1C(=O)C2CCCCN2c2ccc(S(=O)(=O)N(CC)CC)cc21. The van der Waals surface area contributed by atoms with Crippen LogP contribution < -0.4 is 15.1 Å². The second kappa shape index (κ2) is 9.56. The molecule has 1 aromatic rings. The highest BCUT2D eigenvalue weighted by atomic mass is 32.2. The number of anilines is 2. The standard InChI is InChI=1S/C22H34N4O4S/c1-5-16(4)23-21(27)15-26-20-14-17(31(29,30)24(6-2)7-3)11-12-18(20)25-13-9-8-10-19(25)22(26)28/h11-12,14,16,19H,5-10,13,15H2,1-4H3,(H,23,27). The zero-order valence-electron chi connectivity index (χ0n) is 18.9. The van der Waals surface area contributed by atoms with E-state index < -0.39 is 10.0 Å². The maximum absolute atomic E-state index is 13.4. The quantitative estimate of drug-likeness (QED) is 0.657. The maximum Gasteiger partial charge on any atom is 0.250 e. The van der Waals surface area contributed by atoms with Crippen molar-refractivity contribution in [3.63, 3.8) is 0 Å². The Bertz CT molecular complexity index is 929. The summed E-state index contributed by atoms with van der Waals surface area (Å²) in [5.41, 5.74) is 1.31. The van der Waals surface area contributed by atoms with Crippen molar-refractivity contribution in [1.82, 2.24) is 9.62 Å².